The Morgan fingerprint density at radius 1 is 1.22 bits per heavy atom. The summed E-state index contributed by atoms with van der Waals surface area (Å²) in [4.78, 5) is 17.8. The standard InChI is InChI=1S/C21H23ClN2O2S/c1-14(2)9-10-24-20(25)18-8-7-16(22)12-19(18)23-21(24)27-13-15-5-4-6-17(11-15)26-3/h4-8,11-12,14H,9-10,13H2,1-3H3. The van der Waals surface area contributed by atoms with Gasteiger partial charge in [0.2, 0.25) is 0 Å². The molecule has 1 aromatic heterocycles. The summed E-state index contributed by atoms with van der Waals surface area (Å²) in [6.07, 6.45) is 0.924. The normalized spacial score (nSPS) is 11.3. The van der Waals surface area contributed by atoms with Gasteiger partial charge >= 0.3 is 0 Å². The maximum absolute atomic E-state index is 13.0. The second-order valence-electron chi connectivity index (χ2n) is 6.84. The quantitative estimate of drug-likeness (QED) is 0.392. The molecule has 0 spiro atoms. The minimum atomic E-state index is -0.00883. The highest BCUT2D eigenvalue weighted by atomic mass is 35.5. The minimum absolute atomic E-state index is 0.00883. The summed E-state index contributed by atoms with van der Waals surface area (Å²) in [6, 6.07) is 13.2. The van der Waals surface area contributed by atoms with Crippen LogP contribution in [0.4, 0.5) is 0 Å². The van der Waals surface area contributed by atoms with Gasteiger partial charge in [0.25, 0.3) is 5.56 Å². The average Bonchev–Trinajstić information content (AvgIpc) is 2.65. The number of rotatable bonds is 7. The van der Waals surface area contributed by atoms with Crippen LogP contribution in [0.5, 0.6) is 5.75 Å². The van der Waals surface area contributed by atoms with Crippen molar-refractivity contribution in [2.24, 2.45) is 5.92 Å². The third-order valence-electron chi connectivity index (χ3n) is 4.31. The molecule has 0 bridgehead atoms. The van der Waals surface area contributed by atoms with Gasteiger partial charge < -0.3 is 4.74 Å². The number of halogens is 1. The van der Waals surface area contributed by atoms with Gasteiger partial charge in [0.15, 0.2) is 5.16 Å². The van der Waals surface area contributed by atoms with Crippen LogP contribution in [0.2, 0.25) is 5.02 Å². The Hall–Kier alpha value is -1.98. The van der Waals surface area contributed by atoms with Gasteiger partial charge in [-0.3, -0.25) is 9.36 Å². The summed E-state index contributed by atoms with van der Waals surface area (Å²) in [5, 5.41) is 1.91. The van der Waals surface area contributed by atoms with Crippen molar-refractivity contribution in [3.63, 3.8) is 0 Å². The first-order chi connectivity index (χ1) is 13.0. The molecular formula is C21H23ClN2O2S. The second-order valence-corrected chi connectivity index (χ2v) is 8.21. The van der Waals surface area contributed by atoms with Crippen LogP contribution < -0.4 is 10.3 Å². The van der Waals surface area contributed by atoms with Gasteiger partial charge in [-0.2, -0.15) is 0 Å². The van der Waals surface area contributed by atoms with E-state index < -0.39 is 0 Å². The summed E-state index contributed by atoms with van der Waals surface area (Å²) in [6.45, 7) is 4.97. The number of aromatic nitrogens is 2. The van der Waals surface area contributed by atoms with Crippen molar-refractivity contribution in [3.8, 4) is 5.75 Å². The zero-order valence-corrected chi connectivity index (χ0v) is 17.3. The maximum Gasteiger partial charge on any atom is 0.262 e. The van der Waals surface area contributed by atoms with Gasteiger partial charge in [-0.15, -0.1) is 0 Å². The minimum Gasteiger partial charge on any atom is -0.497 e. The number of thioether (sulfide) groups is 1. The summed E-state index contributed by atoms with van der Waals surface area (Å²) < 4.78 is 7.08. The maximum atomic E-state index is 13.0. The molecular weight excluding hydrogens is 380 g/mol. The van der Waals surface area contributed by atoms with Crippen molar-refractivity contribution < 1.29 is 4.74 Å². The van der Waals surface area contributed by atoms with Crippen LogP contribution in [0.3, 0.4) is 0 Å². The smallest absolute Gasteiger partial charge is 0.262 e. The van der Waals surface area contributed by atoms with Crippen LogP contribution in [-0.4, -0.2) is 16.7 Å². The zero-order chi connectivity index (χ0) is 19.4. The lowest BCUT2D eigenvalue weighted by Gasteiger charge is -2.14. The number of hydrogen-bond acceptors (Lipinski definition) is 4. The van der Waals surface area contributed by atoms with Crippen LogP contribution in [0.15, 0.2) is 52.4 Å². The fourth-order valence-electron chi connectivity index (χ4n) is 2.78. The fourth-order valence-corrected chi connectivity index (χ4v) is 3.91. The fraction of sp³-hybridized carbons (Fsp3) is 0.333. The lowest BCUT2D eigenvalue weighted by Crippen LogP contribution is -2.24. The topological polar surface area (TPSA) is 44.1 Å². The summed E-state index contributed by atoms with van der Waals surface area (Å²) in [5.41, 5.74) is 1.75. The molecule has 0 aliphatic rings. The number of ether oxygens (including phenoxy) is 1. The molecule has 0 amide bonds. The van der Waals surface area contributed by atoms with Crippen LogP contribution >= 0.6 is 23.4 Å². The number of methoxy groups -OCH3 is 1. The van der Waals surface area contributed by atoms with E-state index >= 15 is 0 Å². The molecule has 0 saturated heterocycles. The SMILES string of the molecule is COc1cccc(CSc2nc3cc(Cl)ccc3c(=O)n2CCC(C)C)c1. The van der Waals surface area contributed by atoms with E-state index in [4.69, 9.17) is 21.3 Å². The number of fused-ring (bicyclic) bond motifs is 1. The number of benzene rings is 2. The predicted octanol–water partition coefficient (Wildman–Crippen LogP) is 5.40. The molecule has 0 aliphatic carbocycles. The number of nitrogens with zero attached hydrogens (tertiary/aromatic N) is 2. The molecule has 0 aliphatic heterocycles. The first-order valence-electron chi connectivity index (χ1n) is 8.93. The molecule has 1 heterocycles. The van der Waals surface area contributed by atoms with E-state index in [0.29, 0.717) is 34.1 Å². The van der Waals surface area contributed by atoms with Crippen LogP contribution in [0, 0.1) is 5.92 Å². The van der Waals surface area contributed by atoms with E-state index in [0.717, 1.165) is 22.9 Å². The molecule has 3 rings (SSSR count). The first-order valence-corrected chi connectivity index (χ1v) is 10.3. The van der Waals surface area contributed by atoms with Crippen molar-refractivity contribution in [1.29, 1.82) is 0 Å². The highest BCUT2D eigenvalue weighted by Crippen LogP contribution is 2.25. The van der Waals surface area contributed by atoms with E-state index in [9.17, 15) is 4.79 Å². The van der Waals surface area contributed by atoms with Crippen LogP contribution in [0.25, 0.3) is 10.9 Å². The van der Waals surface area contributed by atoms with Crippen molar-refractivity contribution in [1.82, 2.24) is 9.55 Å². The summed E-state index contributed by atoms with van der Waals surface area (Å²) >= 11 is 7.66. The molecule has 3 aromatic rings. The molecule has 0 fully saturated rings. The largest absolute Gasteiger partial charge is 0.497 e. The monoisotopic (exact) mass is 402 g/mol. The lowest BCUT2D eigenvalue weighted by atomic mass is 10.1. The third-order valence-corrected chi connectivity index (χ3v) is 5.60. The van der Waals surface area contributed by atoms with Gasteiger partial charge in [-0.25, -0.2) is 4.98 Å². The molecule has 2 aromatic carbocycles. The average molecular weight is 403 g/mol. The molecule has 142 valence electrons. The zero-order valence-electron chi connectivity index (χ0n) is 15.7. The molecule has 0 N–H and O–H groups in total. The summed E-state index contributed by atoms with van der Waals surface area (Å²) in [5.74, 6) is 2.04. The Bertz CT molecular complexity index is 1000. The molecule has 0 unspecified atom stereocenters. The molecule has 6 heteroatoms. The highest BCUT2D eigenvalue weighted by Gasteiger charge is 2.13. The van der Waals surface area contributed by atoms with Crippen molar-refractivity contribution >= 4 is 34.3 Å². The summed E-state index contributed by atoms with van der Waals surface area (Å²) in [7, 11) is 1.66. The Balaban J connectivity index is 1.97. The predicted molar refractivity (Wildman–Crippen MR) is 113 cm³/mol. The van der Waals surface area contributed by atoms with E-state index in [1.807, 2.05) is 24.3 Å². The Labute approximate surface area is 168 Å². The third kappa shape index (κ3) is 4.85. The van der Waals surface area contributed by atoms with Crippen molar-refractivity contribution in [2.75, 3.05) is 7.11 Å². The van der Waals surface area contributed by atoms with Gasteiger partial charge in [0.05, 0.1) is 18.0 Å². The number of hydrogen-bond donors (Lipinski definition) is 0. The van der Waals surface area contributed by atoms with E-state index in [2.05, 4.69) is 13.8 Å². The Morgan fingerprint density at radius 3 is 2.78 bits per heavy atom. The van der Waals surface area contributed by atoms with Crippen LogP contribution in [0.1, 0.15) is 25.8 Å². The Morgan fingerprint density at radius 2 is 2.04 bits per heavy atom. The molecule has 4 nitrogen and oxygen atoms in total. The molecule has 27 heavy (non-hydrogen) atoms. The van der Waals surface area contributed by atoms with E-state index in [1.165, 1.54) is 0 Å². The van der Waals surface area contributed by atoms with Gasteiger partial charge in [-0.1, -0.05) is 49.3 Å². The van der Waals surface area contributed by atoms with Crippen LogP contribution in [-0.2, 0) is 12.3 Å². The van der Waals surface area contributed by atoms with Gasteiger partial charge in [-0.05, 0) is 48.2 Å². The van der Waals surface area contributed by atoms with Crippen molar-refractivity contribution in [2.45, 2.75) is 37.7 Å². The Kier molecular flexibility index (Phi) is 6.45. The first kappa shape index (κ1) is 19.8. The van der Waals surface area contributed by atoms with E-state index in [1.54, 1.807) is 41.6 Å². The van der Waals surface area contributed by atoms with Gasteiger partial charge in [0, 0.05) is 17.3 Å². The molecule has 0 saturated carbocycles. The van der Waals surface area contributed by atoms with Crippen molar-refractivity contribution in [3.05, 3.63) is 63.4 Å². The molecule has 0 atom stereocenters. The lowest BCUT2D eigenvalue weighted by molar-refractivity contribution is 0.414. The van der Waals surface area contributed by atoms with E-state index in [-0.39, 0.29) is 5.56 Å². The van der Waals surface area contributed by atoms with Gasteiger partial charge in [0.1, 0.15) is 5.75 Å². The molecule has 0 radical (unpaired) electrons. The highest BCUT2D eigenvalue weighted by molar-refractivity contribution is 7.98. The second kappa shape index (κ2) is 8.81.